The summed E-state index contributed by atoms with van der Waals surface area (Å²) in [6.45, 7) is 3.35. The van der Waals surface area contributed by atoms with Crippen molar-refractivity contribution in [2.24, 2.45) is 33.8 Å². The Morgan fingerprint density at radius 1 is 0.882 bits per heavy atom. The molecule has 14 heteroatoms. The maximum absolute atomic E-state index is 12.9. The zero-order chi connectivity index (χ0) is 26.3. The van der Waals surface area contributed by atoms with Gasteiger partial charge >= 0.3 is 5.97 Å². The van der Waals surface area contributed by atoms with E-state index in [1.54, 1.807) is 13.8 Å². The molecule has 0 aromatic heterocycles. The van der Waals surface area contributed by atoms with E-state index in [-0.39, 0.29) is 31.3 Å². The van der Waals surface area contributed by atoms with E-state index in [9.17, 15) is 24.3 Å². The second kappa shape index (κ2) is 16.6. The summed E-state index contributed by atoms with van der Waals surface area (Å²) in [5.41, 5.74) is 21.5. The molecule has 196 valence electrons. The van der Waals surface area contributed by atoms with Crippen molar-refractivity contribution in [2.45, 2.75) is 70.1 Å². The van der Waals surface area contributed by atoms with Crippen LogP contribution < -0.4 is 38.9 Å². The average Bonchev–Trinajstić information content (AvgIpc) is 2.77. The van der Waals surface area contributed by atoms with Gasteiger partial charge in [-0.15, -0.1) is 0 Å². The van der Waals surface area contributed by atoms with Gasteiger partial charge < -0.3 is 49.1 Å². The molecule has 34 heavy (non-hydrogen) atoms. The summed E-state index contributed by atoms with van der Waals surface area (Å²) in [7, 11) is 0. The Morgan fingerprint density at radius 2 is 1.47 bits per heavy atom. The highest BCUT2D eigenvalue weighted by molar-refractivity contribution is 5.94. The zero-order valence-electron chi connectivity index (χ0n) is 19.8. The third-order valence-electron chi connectivity index (χ3n) is 4.92. The number of unbranched alkanes of at least 4 members (excludes halogenated alkanes) is 1. The van der Waals surface area contributed by atoms with Crippen LogP contribution in [0.15, 0.2) is 4.99 Å². The fraction of sp³-hybridized carbons (Fsp3) is 0.750. The average molecular weight is 489 g/mol. The molecule has 0 heterocycles. The second-order valence-corrected chi connectivity index (χ2v) is 8.21. The van der Waals surface area contributed by atoms with Gasteiger partial charge in [0, 0.05) is 6.54 Å². The molecule has 14 nitrogen and oxygen atoms in total. The van der Waals surface area contributed by atoms with Gasteiger partial charge in [0.15, 0.2) is 5.96 Å². The third kappa shape index (κ3) is 12.3. The largest absolute Gasteiger partial charge is 0.480 e. The van der Waals surface area contributed by atoms with Crippen molar-refractivity contribution >= 4 is 29.7 Å². The Balaban J connectivity index is 5.39. The minimum absolute atomic E-state index is 0.121. The van der Waals surface area contributed by atoms with E-state index in [1.165, 1.54) is 0 Å². The standard InChI is InChI=1S/C20H40N8O6/c1-11(2)15(18(32)27-14(19(33)34)6-3-4-8-21)28-17(31)13(7-5-9-25-20(23)24)26-16(30)12(22)10-29/h11-15,29H,3-10,21-22H2,1-2H3,(H,26,30)(H,27,32)(H,28,31)(H,33,34)(H4,23,24,25). The van der Waals surface area contributed by atoms with E-state index < -0.39 is 54.5 Å². The molecule has 0 spiro atoms. The molecule has 13 N–H and O–H groups in total. The fourth-order valence-corrected chi connectivity index (χ4v) is 2.93. The predicted molar refractivity (Wildman–Crippen MR) is 126 cm³/mol. The first-order valence-corrected chi connectivity index (χ1v) is 11.2. The lowest BCUT2D eigenvalue weighted by Gasteiger charge is -2.27. The summed E-state index contributed by atoms with van der Waals surface area (Å²) in [5, 5.41) is 26.0. The van der Waals surface area contributed by atoms with E-state index in [2.05, 4.69) is 20.9 Å². The number of carboxylic acids is 1. The van der Waals surface area contributed by atoms with Gasteiger partial charge in [-0.05, 0) is 44.6 Å². The summed E-state index contributed by atoms with van der Waals surface area (Å²) in [6.07, 6.45) is 1.77. The Labute approximate surface area is 199 Å². The minimum atomic E-state index is -1.23. The summed E-state index contributed by atoms with van der Waals surface area (Å²) in [4.78, 5) is 53.2. The molecule has 4 atom stereocenters. The maximum atomic E-state index is 12.9. The van der Waals surface area contributed by atoms with Crippen LogP contribution >= 0.6 is 0 Å². The van der Waals surface area contributed by atoms with Gasteiger partial charge in [0.2, 0.25) is 17.7 Å². The molecule has 0 aliphatic rings. The van der Waals surface area contributed by atoms with Gasteiger partial charge in [-0.2, -0.15) is 0 Å². The molecule has 4 unspecified atom stereocenters. The number of amides is 3. The highest BCUT2D eigenvalue weighted by Crippen LogP contribution is 2.08. The number of hydrogen-bond donors (Lipinski definition) is 9. The monoisotopic (exact) mass is 488 g/mol. The molecule has 3 amide bonds. The SMILES string of the molecule is CC(C)C(NC(=O)C(CCCN=C(N)N)NC(=O)C(N)CO)C(=O)NC(CCCCN)C(=O)O. The Kier molecular flexibility index (Phi) is 15.2. The molecule has 0 radical (unpaired) electrons. The number of carboxylic acid groups (broad SMARTS) is 1. The van der Waals surface area contributed by atoms with Crippen LogP contribution in [0.5, 0.6) is 0 Å². The van der Waals surface area contributed by atoms with Crippen molar-refractivity contribution in [1.82, 2.24) is 16.0 Å². The van der Waals surface area contributed by atoms with Crippen LogP contribution in [0.4, 0.5) is 0 Å². The molecule has 0 saturated heterocycles. The number of nitrogens with one attached hydrogen (secondary N) is 3. The number of aliphatic hydroxyl groups is 1. The van der Waals surface area contributed by atoms with Gasteiger partial charge in [0.25, 0.3) is 0 Å². The van der Waals surface area contributed by atoms with Gasteiger partial charge in [-0.3, -0.25) is 19.4 Å². The lowest BCUT2D eigenvalue weighted by molar-refractivity contribution is -0.142. The van der Waals surface area contributed by atoms with Crippen molar-refractivity contribution in [1.29, 1.82) is 0 Å². The Bertz CT molecular complexity index is 699. The smallest absolute Gasteiger partial charge is 0.326 e. The molecule has 0 bridgehead atoms. The van der Waals surface area contributed by atoms with Crippen LogP contribution in [0, 0.1) is 5.92 Å². The number of aliphatic carboxylic acids is 1. The Morgan fingerprint density at radius 3 is 1.97 bits per heavy atom. The van der Waals surface area contributed by atoms with E-state index in [4.69, 9.17) is 28.0 Å². The fourth-order valence-electron chi connectivity index (χ4n) is 2.93. The van der Waals surface area contributed by atoms with Crippen LogP contribution in [0.3, 0.4) is 0 Å². The first-order chi connectivity index (χ1) is 15.9. The number of nitrogens with zero attached hydrogens (tertiary/aromatic N) is 1. The topological polar surface area (TPSA) is 261 Å². The number of hydrogen-bond acceptors (Lipinski definition) is 8. The van der Waals surface area contributed by atoms with Crippen LogP contribution in [0.1, 0.15) is 46.0 Å². The second-order valence-electron chi connectivity index (χ2n) is 8.21. The molecular formula is C20H40N8O6. The quantitative estimate of drug-likeness (QED) is 0.0558. The highest BCUT2D eigenvalue weighted by Gasteiger charge is 2.31. The molecule has 0 fully saturated rings. The highest BCUT2D eigenvalue weighted by atomic mass is 16.4. The van der Waals surface area contributed by atoms with E-state index in [0.29, 0.717) is 25.8 Å². The maximum Gasteiger partial charge on any atom is 0.326 e. The van der Waals surface area contributed by atoms with Gasteiger partial charge in [0.05, 0.1) is 6.61 Å². The van der Waals surface area contributed by atoms with Crippen molar-refractivity contribution in [3.8, 4) is 0 Å². The number of nitrogens with two attached hydrogens (primary N) is 4. The summed E-state index contributed by atoms with van der Waals surface area (Å²) in [5.74, 6) is -3.79. The molecule has 0 aliphatic heterocycles. The minimum Gasteiger partial charge on any atom is -0.480 e. The first-order valence-electron chi connectivity index (χ1n) is 11.2. The number of aliphatic hydroxyl groups excluding tert-OH is 1. The lowest BCUT2D eigenvalue weighted by Crippen LogP contribution is -2.58. The molecule has 0 aromatic carbocycles. The van der Waals surface area contributed by atoms with Crippen LogP contribution in [-0.2, 0) is 19.2 Å². The molecule has 0 aliphatic carbocycles. The van der Waals surface area contributed by atoms with Gasteiger partial charge in [-0.1, -0.05) is 13.8 Å². The number of guanidine groups is 1. The van der Waals surface area contributed by atoms with Crippen LogP contribution in [-0.4, -0.2) is 83.7 Å². The number of carbonyl (C=O) groups excluding carboxylic acids is 3. The number of carbonyl (C=O) groups is 4. The van der Waals surface area contributed by atoms with E-state index >= 15 is 0 Å². The predicted octanol–water partition coefficient (Wildman–Crippen LogP) is -3.32. The Hall–Kier alpha value is -2.97. The summed E-state index contributed by atoms with van der Waals surface area (Å²) >= 11 is 0. The summed E-state index contributed by atoms with van der Waals surface area (Å²) < 4.78 is 0. The van der Waals surface area contributed by atoms with Crippen molar-refractivity contribution in [2.75, 3.05) is 19.7 Å². The lowest BCUT2D eigenvalue weighted by atomic mass is 10.0. The number of aliphatic imine (C=N–C) groups is 1. The normalized spacial score (nSPS) is 14.4. The molecule has 0 rings (SSSR count). The van der Waals surface area contributed by atoms with Crippen molar-refractivity contribution < 1.29 is 29.4 Å². The molecule has 0 saturated carbocycles. The zero-order valence-corrected chi connectivity index (χ0v) is 19.8. The van der Waals surface area contributed by atoms with Crippen LogP contribution in [0.25, 0.3) is 0 Å². The third-order valence-corrected chi connectivity index (χ3v) is 4.92. The molecule has 0 aromatic rings. The van der Waals surface area contributed by atoms with Crippen molar-refractivity contribution in [3.05, 3.63) is 0 Å². The van der Waals surface area contributed by atoms with E-state index in [1.807, 2.05) is 0 Å². The summed E-state index contributed by atoms with van der Waals surface area (Å²) in [6, 6.07) is -4.52. The molecular weight excluding hydrogens is 448 g/mol. The van der Waals surface area contributed by atoms with Crippen LogP contribution in [0.2, 0.25) is 0 Å². The van der Waals surface area contributed by atoms with E-state index in [0.717, 1.165) is 0 Å². The van der Waals surface area contributed by atoms with Crippen molar-refractivity contribution in [3.63, 3.8) is 0 Å². The first kappa shape index (κ1) is 31.0. The van der Waals surface area contributed by atoms with Gasteiger partial charge in [0.1, 0.15) is 24.2 Å². The van der Waals surface area contributed by atoms with Gasteiger partial charge in [-0.25, -0.2) is 4.79 Å². The number of rotatable bonds is 17.